The van der Waals surface area contributed by atoms with E-state index in [0.717, 1.165) is 89.1 Å². The van der Waals surface area contributed by atoms with E-state index >= 15 is 0 Å². The predicted molar refractivity (Wildman–Crippen MR) is 235 cm³/mol. The largest absolute Gasteiger partial charge is 0.251 e. The van der Waals surface area contributed by atoms with Gasteiger partial charge in [-0.25, -0.2) is 15.0 Å². The maximum absolute atomic E-state index is 5.20. The van der Waals surface area contributed by atoms with Crippen molar-refractivity contribution in [3.8, 4) is 78.5 Å². The first kappa shape index (κ1) is 34.0. The molecule has 0 radical (unpaired) electrons. The zero-order valence-corrected chi connectivity index (χ0v) is 31.3. The topological polar surface area (TPSA) is 51.6 Å². The van der Waals surface area contributed by atoms with Crippen LogP contribution in [0.1, 0.15) is 5.69 Å². The van der Waals surface area contributed by atoms with Crippen LogP contribution >= 0.6 is 0 Å². The van der Waals surface area contributed by atoms with Crippen LogP contribution in [0.15, 0.2) is 200 Å². The van der Waals surface area contributed by atoms with Crippen molar-refractivity contribution >= 4 is 21.8 Å². The first-order valence-corrected chi connectivity index (χ1v) is 19.2. The summed E-state index contributed by atoms with van der Waals surface area (Å²) in [4.78, 5) is 20.3. The third-order valence-corrected chi connectivity index (χ3v) is 10.6. The molecule has 0 atom stereocenters. The van der Waals surface area contributed by atoms with Crippen LogP contribution in [0.5, 0.6) is 0 Å². The van der Waals surface area contributed by atoms with Gasteiger partial charge in [0.05, 0.1) is 28.1 Å². The maximum Gasteiger partial charge on any atom is 0.160 e. The summed E-state index contributed by atoms with van der Waals surface area (Å²) >= 11 is 0. The van der Waals surface area contributed by atoms with E-state index in [4.69, 9.17) is 19.9 Å². The molecule has 4 heteroatoms. The average molecular weight is 729 g/mol. The molecule has 0 saturated heterocycles. The minimum atomic E-state index is 0.697. The normalized spacial score (nSPS) is 11.2. The van der Waals surface area contributed by atoms with Crippen LogP contribution in [0, 0.1) is 6.92 Å². The lowest BCUT2D eigenvalue weighted by Crippen LogP contribution is -1.96. The molecule has 57 heavy (non-hydrogen) atoms. The number of aromatic nitrogens is 4. The van der Waals surface area contributed by atoms with E-state index in [1.54, 1.807) is 0 Å². The van der Waals surface area contributed by atoms with Gasteiger partial charge in [-0.1, -0.05) is 176 Å². The molecule has 3 aromatic heterocycles. The maximum atomic E-state index is 5.20. The van der Waals surface area contributed by atoms with E-state index in [9.17, 15) is 0 Å². The van der Waals surface area contributed by atoms with E-state index in [0.29, 0.717) is 5.82 Å². The highest BCUT2D eigenvalue weighted by Crippen LogP contribution is 2.37. The van der Waals surface area contributed by atoms with Gasteiger partial charge in [-0.2, -0.15) is 0 Å². The Balaban J connectivity index is 1.03. The Morgan fingerprint density at radius 1 is 0.298 bits per heavy atom. The molecule has 0 N–H and O–H groups in total. The molecule has 0 aliphatic carbocycles. The van der Waals surface area contributed by atoms with Gasteiger partial charge in [0.1, 0.15) is 0 Å². The van der Waals surface area contributed by atoms with E-state index in [1.165, 1.54) is 11.1 Å². The number of hydrogen-bond donors (Lipinski definition) is 0. The zero-order chi connectivity index (χ0) is 38.1. The summed E-state index contributed by atoms with van der Waals surface area (Å²) in [6.07, 6.45) is 0. The van der Waals surface area contributed by atoms with Gasteiger partial charge in [0.2, 0.25) is 0 Å². The Kier molecular flexibility index (Phi) is 8.69. The van der Waals surface area contributed by atoms with Crippen LogP contribution in [0.25, 0.3) is 100 Å². The molecule has 0 bridgehead atoms. The summed E-state index contributed by atoms with van der Waals surface area (Å²) in [6, 6.07) is 70.0. The fourth-order valence-electron chi connectivity index (χ4n) is 7.59. The first-order valence-electron chi connectivity index (χ1n) is 19.2. The van der Waals surface area contributed by atoms with Crippen LogP contribution in [-0.4, -0.2) is 19.9 Å². The summed E-state index contributed by atoms with van der Waals surface area (Å²) in [7, 11) is 0. The molecular weight excluding hydrogens is 693 g/mol. The van der Waals surface area contributed by atoms with Crippen molar-refractivity contribution in [1.29, 1.82) is 0 Å². The van der Waals surface area contributed by atoms with Crippen molar-refractivity contribution < 1.29 is 0 Å². The van der Waals surface area contributed by atoms with Gasteiger partial charge in [-0.15, -0.1) is 0 Å². The highest BCUT2D eigenvalue weighted by molar-refractivity contribution is 6.09. The SMILES string of the molecule is Cc1ccc2ccc3c(-c4ccc(-c5cccc(-c6cc(-c7ccc(-c8ccccc8)cc7)nc(-c7ccccc7)n6)c5)cc4)cc(-c4ccccc4)nc3c2n1. The molecule has 0 spiro atoms. The minimum absolute atomic E-state index is 0.697. The Bertz CT molecular complexity index is 3030. The van der Waals surface area contributed by atoms with Crippen LogP contribution < -0.4 is 0 Å². The third-order valence-electron chi connectivity index (χ3n) is 10.6. The van der Waals surface area contributed by atoms with Crippen LogP contribution in [0.2, 0.25) is 0 Å². The second-order valence-corrected chi connectivity index (χ2v) is 14.3. The number of nitrogens with zero attached hydrogens (tertiary/aromatic N) is 4. The molecule has 268 valence electrons. The van der Waals surface area contributed by atoms with E-state index in [-0.39, 0.29) is 0 Å². The van der Waals surface area contributed by atoms with E-state index < -0.39 is 0 Å². The predicted octanol–water partition coefficient (Wildman–Crippen LogP) is 13.6. The third kappa shape index (κ3) is 6.75. The van der Waals surface area contributed by atoms with E-state index in [2.05, 4.69) is 170 Å². The lowest BCUT2D eigenvalue weighted by atomic mass is 9.94. The molecule has 7 aromatic carbocycles. The van der Waals surface area contributed by atoms with Gasteiger partial charge in [0.25, 0.3) is 0 Å². The minimum Gasteiger partial charge on any atom is -0.251 e. The number of hydrogen-bond acceptors (Lipinski definition) is 4. The fourth-order valence-corrected chi connectivity index (χ4v) is 7.59. The molecule has 4 nitrogen and oxygen atoms in total. The van der Waals surface area contributed by atoms with Crippen LogP contribution in [-0.2, 0) is 0 Å². The molecule has 10 aromatic rings. The molecule has 0 amide bonds. The smallest absolute Gasteiger partial charge is 0.160 e. The molecule has 0 fully saturated rings. The number of pyridine rings is 2. The quantitative estimate of drug-likeness (QED) is 0.153. The van der Waals surface area contributed by atoms with Crippen molar-refractivity contribution in [2.24, 2.45) is 0 Å². The average Bonchev–Trinajstić information content (AvgIpc) is 3.29. The standard InChI is InChI=1S/C53H36N4/c1-35-20-21-42-30-31-46-47(33-48(40-14-7-3-8-15-40)55-52(46)51(42)54-35)39-26-22-38(23-27-39)44-18-11-19-45(32-44)50-34-49(56-53(57-50)43-16-9-4-10-17-43)41-28-24-37(25-29-41)36-12-5-2-6-13-36/h2-34H,1H3. The van der Waals surface area contributed by atoms with Gasteiger partial charge in [-0.3, -0.25) is 4.98 Å². The lowest BCUT2D eigenvalue weighted by molar-refractivity contribution is 1.18. The Hall–Kier alpha value is -7.56. The van der Waals surface area contributed by atoms with Crippen molar-refractivity contribution in [3.63, 3.8) is 0 Å². The van der Waals surface area contributed by atoms with Gasteiger partial charge < -0.3 is 0 Å². The Morgan fingerprint density at radius 3 is 1.49 bits per heavy atom. The van der Waals surface area contributed by atoms with Gasteiger partial charge >= 0.3 is 0 Å². The highest BCUT2D eigenvalue weighted by atomic mass is 14.9. The molecule has 0 saturated carbocycles. The molecule has 0 aliphatic heterocycles. The van der Waals surface area contributed by atoms with Crippen molar-refractivity contribution in [2.75, 3.05) is 0 Å². The number of rotatable bonds is 7. The molecular formula is C53H36N4. The van der Waals surface area contributed by atoms with Gasteiger partial charge in [-0.05, 0) is 64.6 Å². The van der Waals surface area contributed by atoms with Crippen LogP contribution in [0.3, 0.4) is 0 Å². The summed E-state index contributed by atoms with van der Waals surface area (Å²) in [5.74, 6) is 0.697. The highest BCUT2D eigenvalue weighted by Gasteiger charge is 2.15. The Labute approximate surface area is 331 Å². The fraction of sp³-hybridized carbons (Fsp3) is 0.0189. The first-order chi connectivity index (χ1) is 28.1. The van der Waals surface area contributed by atoms with Gasteiger partial charge in [0.15, 0.2) is 5.82 Å². The van der Waals surface area contributed by atoms with Crippen LogP contribution in [0.4, 0.5) is 0 Å². The zero-order valence-electron chi connectivity index (χ0n) is 31.3. The summed E-state index contributed by atoms with van der Waals surface area (Å²) < 4.78 is 0. The van der Waals surface area contributed by atoms with Gasteiger partial charge in [0, 0.05) is 38.7 Å². The number of benzene rings is 7. The van der Waals surface area contributed by atoms with E-state index in [1.807, 2.05) is 37.3 Å². The second-order valence-electron chi connectivity index (χ2n) is 14.3. The number of fused-ring (bicyclic) bond motifs is 3. The lowest BCUT2D eigenvalue weighted by Gasteiger charge is -2.13. The summed E-state index contributed by atoms with van der Waals surface area (Å²) in [5, 5.41) is 2.16. The monoisotopic (exact) mass is 728 g/mol. The summed E-state index contributed by atoms with van der Waals surface area (Å²) in [6.45, 7) is 2.03. The van der Waals surface area contributed by atoms with Crippen molar-refractivity contribution in [3.05, 3.63) is 206 Å². The molecule has 0 aliphatic rings. The molecule has 3 heterocycles. The summed E-state index contributed by atoms with van der Waals surface area (Å²) in [5.41, 5.74) is 16.5. The van der Waals surface area contributed by atoms with Crippen molar-refractivity contribution in [2.45, 2.75) is 6.92 Å². The van der Waals surface area contributed by atoms with Crippen molar-refractivity contribution in [1.82, 2.24) is 19.9 Å². The second kappa shape index (κ2) is 14.6. The molecule has 0 unspecified atom stereocenters. The Morgan fingerprint density at radius 2 is 0.789 bits per heavy atom. The number of aryl methyl sites for hydroxylation is 1. The molecule has 10 rings (SSSR count).